The minimum absolute atomic E-state index is 0.0282. The molecule has 0 unspecified atom stereocenters. The fraction of sp³-hybridized carbons (Fsp3) is 0.471. The van der Waals surface area contributed by atoms with Gasteiger partial charge < -0.3 is 15.7 Å². The van der Waals surface area contributed by atoms with E-state index in [1.54, 1.807) is 6.33 Å². The van der Waals surface area contributed by atoms with Gasteiger partial charge in [0.05, 0.1) is 12.1 Å². The van der Waals surface area contributed by atoms with Crippen LogP contribution in [0.1, 0.15) is 30.0 Å². The number of hydrogen-bond donors (Lipinski definition) is 2. The summed E-state index contributed by atoms with van der Waals surface area (Å²) in [7, 11) is 0. The summed E-state index contributed by atoms with van der Waals surface area (Å²) >= 11 is 0. The highest BCUT2D eigenvalue weighted by molar-refractivity contribution is 5.76. The zero-order valence-corrected chi connectivity index (χ0v) is 13.4. The summed E-state index contributed by atoms with van der Waals surface area (Å²) in [6, 6.07) is 7.67. The molecule has 1 amide bonds. The molecule has 7 heteroatoms. The summed E-state index contributed by atoms with van der Waals surface area (Å²) in [5.41, 5.74) is 8.08. The Balaban J connectivity index is 1.51. The Morgan fingerprint density at radius 3 is 2.79 bits per heavy atom. The molecule has 0 saturated carbocycles. The summed E-state index contributed by atoms with van der Waals surface area (Å²) in [4.78, 5) is 18.1. The highest BCUT2D eigenvalue weighted by Gasteiger charge is 2.51. The van der Waals surface area contributed by atoms with Crippen molar-refractivity contribution in [2.75, 3.05) is 13.1 Å². The molecule has 1 fully saturated rings. The molecule has 1 aromatic carbocycles. The van der Waals surface area contributed by atoms with Crippen molar-refractivity contribution in [2.45, 2.75) is 36.9 Å². The predicted octanol–water partition coefficient (Wildman–Crippen LogP) is 0.213. The summed E-state index contributed by atoms with van der Waals surface area (Å²) in [5, 5.41) is 14.8. The number of aliphatic hydroxyl groups is 1. The molecule has 3 N–H and O–H groups in total. The molecule has 1 aliphatic heterocycles. The lowest BCUT2D eigenvalue weighted by Crippen LogP contribution is -2.50. The molecule has 0 radical (unpaired) electrons. The average Bonchev–Trinajstić information content (AvgIpc) is 3.19. The van der Waals surface area contributed by atoms with Gasteiger partial charge in [0.2, 0.25) is 5.91 Å². The van der Waals surface area contributed by atoms with Crippen LogP contribution in [0.2, 0.25) is 0 Å². The standard InChI is InChI=1S/C17H21N5O2/c18-15-12-3-1-2-4-13(12)17(16(15)24)5-7-21(8-6-17)14(23)9-22-11-19-10-20-22/h1-4,10-11,15-16,24H,5-9,18H2/t15-,16+/m1/s1. The van der Waals surface area contributed by atoms with Gasteiger partial charge in [0, 0.05) is 18.5 Å². The van der Waals surface area contributed by atoms with Gasteiger partial charge in [-0.05, 0) is 24.0 Å². The molecule has 2 aliphatic rings. The van der Waals surface area contributed by atoms with Gasteiger partial charge in [-0.2, -0.15) is 5.10 Å². The number of benzene rings is 1. The van der Waals surface area contributed by atoms with Gasteiger partial charge in [0.15, 0.2) is 0 Å². The maximum absolute atomic E-state index is 12.4. The van der Waals surface area contributed by atoms with Crippen molar-refractivity contribution in [1.29, 1.82) is 0 Å². The highest BCUT2D eigenvalue weighted by atomic mass is 16.3. The average molecular weight is 327 g/mol. The third kappa shape index (κ3) is 2.23. The quantitative estimate of drug-likeness (QED) is 0.822. The van der Waals surface area contributed by atoms with Crippen LogP contribution in [0.5, 0.6) is 0 Å². The lowest BCUT2D eigenvalue weighted by molar-refractivity contribution is -0.134. The molecule has 126 valence electrons. The molecule has 24 heavy (non-hydrogen) atoms. The van der Waals surface area contributed by atoms with Crippen LogP contribution >= 0.6 is 0 Å². The van der Waals surface area contributed by atoms with Gasteiger partial charge >= 0.3 is 0 Å². The summed E-state index contributed by atoms with van der Waals surface area (Å²) < 4.78 is 1.53. The number of amides is 1. The van der Waals surface area contributed by atoms with E-state index < -0.39 is 6.10 Å². The molecular weight excluding hydrogens is 306 g/mol. The van der Waals surface area contributed by atoms with E-state index in [0.717, 1.165) is 24.0 Å². The summed E-state index contributed by atoms with van der Waals surface area (Å²) in [6.07, 6.45) is 3.82. The third-order valence-corrected chi connectivity index (χ3v) is 5.53. The monoisotopic (exact) mass is 327 g/mol. The fourth-order valence-electron chi connectivity index (χ4n) is 4.19. The van der Waals surface area contributed by atoms with Crippen molar-refractivity contribution in [1.82, 2.24) is 19.7 Å². The number of hydrogen-bond acceptors (Lipinski definition) is 5. The van der Waals surface area contributed by atoms with E-state index in [4.69, 9.17) is 5.73 Å². The Hall–Kier alpha value is -2.25. The first-order valence-electron chi connectivity index (χ1n) is 8.25. The largest absolute Gasteiger partial charge is 0.390 e. The lowest BCUT2D eigenvalue weighted by atomic mass is 9.72. The summed E-state index contributed by atoms with van der Waals surface area (Å²) in [6.45, 7) is 1.43. The zero-order valence-electron chi connectivity index (χ0n) is 13.4. The van der Waals surface area contributed by atoms with Crippen LogP contribution in [0.4, 0.5) is 0 Å². The van der Waals surface area contributed by atoms with Gasteiger partial charge in [0.25, 0.3) is 0 Å². The number of nitrogens with zero attached hydrogens (tertiary/aromatic N) is 4. The van der Waals surface area contributed by atoms with Crippen molar-refractivity contribution in [3.05, 3.63) is 48.0 Å². The van der Waals surface area contributed by atoms with Crippen LogP contribution in [0.25, 0.3) is 0 Å². The van der Waals surface area contributed by atoms with Crippen LogP contribution in [-0.4, -0.2) is 49.9 Å². The molecule has 2 atom stereocenters. The van der Waals surface area contributed by atoms with Crippen molar-refractivity contribution in [3.8, 4) is 0 Å². The zero-order chi connectivity index (χ0) is 16.7. The number of nitrogens with two attached hydrogens (primary N) is 1. The van der Waals surface area contributed by atoms with Crippen molar-refractivity contribution in [3.63, 3.8) is 0 Å². The number of piperidine rings is 1. The second kappa shape index (κ2) is 5.68. The minimum atomic E-state index is -0.595. The van der Waals surface area contributed by atoms with E-state index in [1.807, 2.05) is 23.1 Å². The van der Waals surface area contributed by atoms with E-state index in [9.17, 15) is 9.90 Å². The number of rotatable bonds is 2. The van der Waals surface area contributed by atoms with E-state index >= 15 is 0 Å². The number of likely N-dealkylation sites (tertiary alicyclic amines) is 1. The smallest absolute Gasteiger partial charge is 0.244 e. The normalized spacial score (nSPS) is 25.0. The first kappa shape index (κ1) is 15.3. The molecule has 7 nitrogen and oxygen atoms in total. The Kier molecular flexibility index (Phi) is 3.62. The third-order valence-electron chi connectivity index (χ3n) is 5.53. The van der Waals surface area contributed by atoms with Gasteiger partial charge in [-0.15, -0.1) is 0 Å². The molecule has 4 rings (SSSR count). The molecule has 2 heterocycles. The van der Waals surface area contributed by atoms with Crippen LogP contribution in [0.3, 0.4) is 0 Å². The van der Waals surface area contributed by atoms with E-state index in [-0.39, 0.29) is 23.9 Å². The second-order valence-corrected chi connectivity index (χ2v) is 6.69. The van der Waals surface area contributed by atoms with Crippen molar-refractivity contribution in [2.24, 2.45) is 5.73 Å². The Labute approximate surface area is 140 Å². The maximum Gasteiger partial charge on any atom is 0.244 e. The first-order valence-corrected chi connectivity index (χ1v) is 8.25. The number of aromatic nitrogens is 3. The Morgan fingerprint density at radius 2 is 2.08 bits per heavy atom. The lowest BCUT2D eigenvalue weighted by Gasteiger charge is -2.42. The number of carbonyl (C=O) groups is 1. The van der Waals surface area contributed by atoms with E-state index in [1.165, 1.54) is 11.0 Å². The van der Waals surface area contributed by atoms with Gasteiger partial charge in [-0.3, -0.25) is 4.79 Å². The Morgan fingerprint density at radius 1 is 1.33 bits per heavy atom. The molecule has 2 aromatic rings. The number of aliphatic hydroxyl groups excluding tert-OH is 1. The maximum atomic E-state index is 12.4. The van der Waals surface area contributed by atoms with Gasteiger partial charge in [-0.1, -0.05) is 24.3 Å². The van der Waals surface area contributed by atoms with Crippen LogP contribution < -0.4 is 5.73 Å². The SMILES string of the molecule is N[C@@H]1c2ccccc2C2(CCN(C(=O)Cn3cncn3)CC2)[C@H]1O. The number of carbonyl (C=O) groups excluding carboxylic acids is 1. The molecule has 1 aliphatic carbocycles. The molecule has 1 aromatic heterocycles. The molecule has 1 spiro atoms. The fourth-order valence-corrected chi connectivity index (χ4v) is 4.19. The van der Waals surface area contributed by atoms with Gasteiger partial charge in [0.1, 0.15) is 19.2 Å². The minimum Gasteiger partial charge on any atom is -0.390 e. The molecule has 1 saturated heterocycles. The van der Waals surface area contributed by atoms with Gasteiger partial charge in [-0.25, -0.2) is 9.67 Å². The van der Waals surface area contributed by atoms with Crippen molar-refractivity contribution < 1.29 is 9.90 Å². The number of fused-ring (bicyclic) bond motifs is 2. The van der Waals surface area contributed by atoms with Crippen LogP contribution in [-0.2, 0) is 16.8 Å². The molecule has 0 bridgehead atoms. The topological polar surface area (TPSA) is 97.3 Å². The van der Waals surface area contributed by atoms with Crippen LogP contribution in [0, 0.1) is 0 Å². The summed E-state index contributed by atoms with van der Waals surface area (Å²) in [5.74, 6) is 0.0282. The van der Waals surface area contributed by atoms with E-state index in [0.29, 0.717) is 13.1 Å². The predicted molar refractivity (Wildman–Crippen MR) is 86.9 cm³/mol. The second-order valence-electron chi connectivity index (χ2n) is 6.69. The Bertz CT molecular complexity index is 737. The first-order chi connectivity index (χ1) is 11.6. The van der Waals surface area contributed by atoms with Crippen molar-refractivity contribution >= 4 is 5.91 Å². The molecular formula is C17H21N5O2. The van der Waals surface area contributed by atoms with Crippen LogP contribution in [0.15, 0.2) is 36.9 Å². The van der Waals surface area contributed by atoms with E-state index in [2.05, 4.69) is 16.1 Å². The highest BCUT2D eigenvalue weighted by Crippen LogP contribution is 2.49.